The molecule has 2 unspecified atom stereocenters. The quantitative estimate of drug-likeness (QED) is 0.868. The van der Waals surface area contributed by atoms with Gasteiger partial charge < -0.3 is 19.6 Å². The van der Waals surface area contributed by atoms with Crippen LogP contribution in [0.5, 0.6) is 0 Å². The lowest BCUT2D eigenvalue weighted by Crippen LogP contribution is -2.26. The number of carbonyl (C=O) groups excluding carboxylic acids is 2. The Hall–Kier alpha value is -2.57. The van der Waals surface area contributed by atoms with Gasteiger partial charge in [0, 0.05) is 6.07 Å². The van der Waals surface area contributed by atoms with Gasteiger partial charge in [0.1, 0.15) is 11.5 Å². The van der Waals surface area contributed by atoms with Crippen LogP contribution in [0, 0.1) is 18.8 Å². The van der Waals surface area contributed by atoms with E-state index in [0.29, 0.717) is 30.3 Å². The van der Waals surface area contributed by atoms with E-state index in [1.54, 1.807) is 31.4 Å². The third-order valence-electron chi connectivity index (χ3n) is 3.36. The molecule has 0 spiro atoms. The monoisotopic (exact) mass is 289 g/mol. The molecule has 2 atom stereocenters. The lowest BCUT2D eigenvalue weighted by molar-refractivity contribution is -0.125. The summed E-state index contributed by atoms with van der Waals surface area (Å²) in [6, 6.07) is 5.17. The molecule has 1 aliphatic rings. The molecular formula is C14H15N3O4. The predicted octanol–water partition coefficient (Wildman–Crippen LogP) is 1.47. The third-order valence-corrected chi connectivity index (χ3v) is 3.36. The summed E-state index contributed by atoms with van der Waals surface area (Å²) in [6.45, 7) is 2.07. The summed E-state index contributed by atoms with van der Waals surface area (Å²) in [5.74, 6) is 0.743. The Labute approximate surface area is 120 Å². The molecule has 110 valence electrons. The molecule has 2 aromatic rings. The molecule has 2 heterocycles. The maximum absolute atomic E-state index is 11.9. The highest BCUT2D eigenvalue weighted by Gasteiger charge is 2.48. The van der Waals surface area contributed by atoms with Crippen molar-refractivity contribution in [2.75, 3.05) is 5.32 Å². The second-order valence-electron chi connectivity index (χ2n) is 5.06. The molecule has 21 heavy (non-hydrogen) atoms. The van der Waals surface area contributed by atoms with Gasteiger partial charge in [-0.1, -0.05) is 5.16 Å². The van der Waals surface area contributed by atoms with Gasteiger partial charge in [0.15, 0.2) is 5.82 Å². The number of aromatic nitrogens is 1. The first-order valence-electron chi connectivity index (χ1n) is 6.68. The molecule has 7 nitrogen and oxygen atoms in total. The Bertz CT molecular complexity index is 647. The van der Waals surface area contributed by atoms with Crippen molar-refractivity contribution in [2.24, 2.45) is 11.8 Å². The smallest absolute Gasteiger partial charge is 0.229 e. The van der Waals surface area contributed by atoms with Gasteiger partial charge in [-0.2, -0.15) is 0 Å². The minimum Gasteiger partial charge on any atom is -0.467 e. The summed E-state index contributed by atoms with van der Waals surface area (Å²) < 4.78 is 9.99. The first-order valence-corrected chi connectivity index (χ1v) is 6.68. The van der Waals surface area contributed by atoms with E-state index in [-0.39, 0.29) is 23.7 Å². The molecule has 0 radical (unpaired) electrons. The fraction of sp³-hybridized carbons (Fsp3) is 0.357. The van der Waals surface area contributed by atoms with Crippen LogP contribution < -0.4 is 10.6 Å². The number of aryl methyl sites for hydroxylation is 1. The zero-order valence-electron chi connectivity index (χ0n) is 11.5. The predicted molar refractivity (Wildman–Crippen MR) is 72.0 cm³/mol. The molecule has 7 heteroatoms. The Morgan fingerprint density at radius 1 is 1.38 bits per heavy atom. The topological polar surface area (TPSA) is 97.4 Å². The molecule has 1 fully saturated rings. The van der Waals surface area contributed by atoms with Crippen molar-refractivity contribution in [3.8, 4) is 0 Å². The summed E-state index contributed by atoms with van der Waals surface area (Å²) in [6.07, 6.45) is 2.10. The van der Waals surface area contributed by atoms with Crippen molar-refractivity contribution in [3.63, 3.8) is 0 Å². The molecule has 0 saturated heterocycles. The summed E-state index contributed by atoms with van der Waals surface area (Å²) in [4.78, 5) is 23.8. The van der Waals surface area contributed by atoms with Crippen LogP contribution in [0.15, 0.2) is 33.4 Å². The molecule has 2 N–H and O–H groups in total. The van der Waals surface area contributed by atoms with Gasteiger partial charge in [0.25, 0.3) is 0 Å². The molecular weight excluding hydrogens is 274 g/mol. The minimum absolute atomic E-state index is 0.136. The van der Waals surface area contributed by atoms with Gasteiger partial charge in [-0.15, -0.1) is 0 Å². The lowest BCUT2D eigenvalue weighted by atomic mass is 10.2. The highest BCUT2D eigenvalue weighted by Crippen LogP contribution is 2.39. The number of amides is 2. The van der Waals surface area contributed by atoms with Crippen LogP contribution in [0.1, 0.15) is 17.9 Å². The summed E-state index contributed by atoms with van der Waals surface area (Å²) in [5.41, 5.74) is 0. The van der Waals surface area contributed by atoms with E-state index < -0.39 is 0 Å². The average Bonchev–Trinajstić information content (AvgIpc) is 2.90. The fourth-order valence-corrected chi connectivity index (χ4v) is 2.14. The molecule has 0 bridgehead atoms. The number of rotatable bonds is 5. The van der Waals surface area contributed by atoms with E-state index in [9.17, 15) is 9.59 Å². The number of nitrogens with zero attached hydrogens (tertiary/aromatic N) is 1. The Balaban J connectivity index is 1.46. The van der Waals surface area contributed by atoms with Crippen LogP contribution in [0.4, 0.5) is 5.82 Å². The van der Waals surface area contributed by atoms with E-state index in [1.165, 1.54) is 0 Å². The molecule has 1 saturated carbocycles. The van der Waals surface area contributed by atoms with E-state index >= 15 is 0 Å². The van der Waals surface area contributed by atoms with Gasteiger partial charge in [-0.05, 0) is 25.5 Å². The first-order chi connectivity index (χ1) is 10.1. The number of hydrogen-bond donors (Lipinski definition) is 2. The van der Waals surface area contributed by atoms with Gasteiger partial charge in [0.2, 0.25) is 11.8 Å². The van der Waals surface area contributed by atoms with Gasteiger partial charge in [-0.25, -0.2) is 0 Å². The van der Waals surface area contributed by atoms with E-state index in [2.05, 4.69) is 15.8 Å². The van der Waals surface area contributed by atoms with Crippen molar-refractivity contribution in [1.29, 1.82) is 0 Å². The van der Waals surface area contributed by atoms with Crippen LogP contribution in [-0.4, -0.2) is 17.0 Å². The molecule has 1 aliphatic carbocycles. The SMILES string of the molecule is Cc1cc(NC(=O)C2CC2C(=O)NCc2ccco2)no1. The number of carbonyl (C=O) groups is 2. The van der Waals surface area contributed by atoms with Crippen LogP contribution in [0.3, 0.4) is 0 Å². The van der Waals surface area contributed by atoms with Crippen molar-refractivity contribution in [1.82, 2.24) is 10.5 Å². The summed E-state index contributed by atoms with van der Waals surface area (Å²) >= 11 is 0. The van der Waals surface area contributed by atoms with Crippen molar-refractivity contribution in [3.05, 3.63) is 36.0 Å². The van der Waals surface area contributed by atoms with E-state index in [0.717, 1.165) is 0 Å². The lowest BCUT2D eigenvalue weighted by Gasteiger charge is -2.03. The number of nitrogens with one attached hydrogen (secondary N) is 2. The third kappa shape index (κ3) is 3.13. The second kappa shape index (κ2) is 5.43. The van der Waals surface area contributed by atoms with Crippen LogP contribution in [0.2, 0.25) is 0 Å². The maximum Gasteiger partial charge on any atom is 0.229 e. The fourth-order valence-electron chi connectivity index (χ4n) is 2.14. The molecule has 3 rings (SSSR count). The molecule has 0 aromatic carbocycles. The van der Waals surface area contributed by atoms with E-state index in [1.807, 2.05) is 0 Å². The van der Waals surface area contributed by atoms with Crippen LogP contribution in [-0.2, 0) is 16.1 Å². The second-order valence-corrected chi connectivity index (χ2v) is 5.06. The Morgan fingerprint density at radius 3 is 2.86 bits per heavy atom. The van der Waals surface area contributed by atoms with Crippen molar-refractivity contribution in [2.45, 2.75) is 19.9 Å². The number of furan rings is 1. The van der Waals surface area contributed by atoms with Crippen LogP contribution in [0.25, 0.3) is 0 Å². The van der Waals surface area contributed by atoms with Gasteiger partial charge in [-0.3, -0.25) is 9.59 Å². The average molecular weight is 289 g/mol. The molecule has 0 aliphatic heterocycles. The zero-order chi connectivity index (χ0) is 14.8. The van der Waals surface area contributed by atoms with Crippen molar-refractivity contribution >= 4 is 17.6 Å². The Morgan fingerprint density at radius 2 is 2.19 bits per heavy atom. The van der Waals surface area contributed by atoms with Gasteiger partial charge >= 0.3 is 0 Å². The molecule has 2 aromatic heterocycles. The Kier molecular flexibility index (Phi) is 3.47. The highest BCUT2D eigenvalue weighted by molar-refractivity contribution is 5.98. The normalized spacial score (nSPS) is 20.0. The summed E-state index contributed by atoms with van der Waals surface area (Å²) in [5, 5.41) is 9.08. The van der Waals surface area contributed by atoms with E-state index in [4.69, 9.17) is 8.94 Å². The zero-order valence-corrected chi connectivity index (χ0v) is 11.5. The molecule has 2 amide bonds. The largest absolute Gasteiger partial charge is 0.467 e. The minimum atomic E-state index is -0.307. The maximum atomic E-state index is 11.9. The van der Waals surface area contributed by atoms with Crippen LogP contribution >= 0.6 is 0 Å². The number of hydrogen-bond acceptors (Lipinski definition) is 5. The van der Waals surface area contributed by atoms with Gasteiger partial charge in [0.05, 0.1) is 24.6 Å². The first kappa shape index (κ1) is 13.4. The van der Waals surface area contributed by atoms with Crippen molar-refractivity contribution < 1.29 is 18.5 Å². The highest BCUT2D eigenvalue weighted by atomic mass is 16.5. The standard InChI is InChI=1S/C14H15N3O4/c1-8-5-12(17-21-8)16-14(19)11-6-10(11)13(18)15-7-9-3-2-4-20-9/h2-5,10-11H,6-7H2,1H3,(H,15,18)(H,16,17,19). The summed E-state index contributed by atoms with van der Waals surface area (Å²) in [7, 11) is 0. The number of anilines is 1.